The van der Waals surface area contributed by atoms with Gasteiger partial charge in [0.15, 0.2) is 0 Å². The van der Waals surface area contributed by atoms with Crippen LogP contribution in [0.15, 0.2) is 12.1 Å². The lowest BCUT2D eigenvalue weighted by Crippen LogP contribution is -2.18. The van der Waals surface area contributed by atoms with E-state index in [1.165, 1.54) is 0 Å². The van der Waals surface area contributed by atoms with Gasteiger partial charge in [0.25, 0.3) is 0 Å². The van der Waals surface area contributed by atoms with Gasteiger partial charge in [0.1, 0.15) is 12.4 Å². The van der Waals surface area contributed by atoms with E-state index in [1.807, 2.05) is 12.1 Å². The lowest BCUT2D eigenvalue weighted by Gasteiger charge is -2.28. The number of aromatic hydroxyl groups is 1. The van der Waals surface area contributed by atoms with Gasteiger partial charge in [-0.25, -0.2) is 0 Å². The molecular weight excluding hydrogens is 704 g/mol. The Hall–Kier alpha value is -1.95. The average Bonchev–Trinajstić information content (AvgIpc) is 3.12. The third-order valence-corrected chi connectivity index (χ3v) is 7.67. The predicted molar refractivity (Wildman–Crippen MR) is 205 cm³/mol. The SMILES string of the molecule is COCCOCCOCCOCCOCCOCCOCCOCCOCCOCCOCCOC(=O)CCc1cc(C(C)(C)C)c(O)c(C(C)(C)C)c1. The maximum Gasteiger partial charge on any atom is 0.306 e. The molecular formula is C40H72O14. The molecule has 0 aliphatic carbocycles. The Balaban J connectivity index is 1.83. The number of aryl methyl sites for hydroxylation is 1. The highest BCUT2D eigenvalue weighted by Crippen LogP contribution is 2.40. The third-order valence-electron chi connectivity index (χ3n) is 7.67. The summed E-state index contributed by atoms with van der Waals surface area (Å²) in [7, 11) is 1.64. The molecule has 0 saturated heterocycles. The molecule has 0 atom stereocenters. The van der Waals surface area contributed by atoms with Gasteiger partial charge >= 0.3 is 5.97 Å². The Morgan fingerprint density at radius 2 is 0.722 bits per heavy atom. The van der Waals surface area contributed by atoms with Crippen LogP contribution in [0.1, 0.15) is 64.7 Å². The molecule has 54 heavy (non-hydrogen) atoms. The molecule has 316 valence electrons. The number of esters is 1. The van der Waals surface area contributed by atoms with Crippen LogP contribution in [0.5, 0.6) is 5.75 Å². The molecule has 1 N–H and O–H groups in total. The maximum atomic E-state index is 12.3. The molecule has 0 heterocycles. The maximum absolute atomic E-state index is 12.3. The van der Waals surface area contributed by atoms with E-state index in [2.05, 4.69) is 41.5 Å². The molecule has 0 fully saturated rings. The van der Waals surface area contributed by atoms with Gasteiger partial charge in [-0.2, -0.15) is 0 Å². The topological polar surface area (TPSA) is 148 Å². The van der Waals surface area contributed by atoms with E-state index in [0.29, 0.717) is 151 Å². The van der Waals surface area contributed by atoms with E-state index >= 15 is 0 Å². The van der Waals surface area contributed by atoms with Crippen molar-refractivity contribution in [1.29, 1.82) is 0 Å². The van der Waals surface area contributed by atoms with Gasteiger partial charge in [-0.3, -0.25) is 4.79 Å². The van der Waals surface area contributed by atoms with Gasteiger partial charge in [-0.1, -0.05) is 53.7 Å². The standard InChI is InChI=1S/C40H72O14/c1-39(2,3)35-32-34(33-36(38(35)42)40(4,5)6)8-9-37(41)54-31-30-53-29-28-52-27-26-51-25-24-50-23-22-49-21-20-48-19-18-47-17-16-46-15-14-45-13-12-44-11-10-43-7/h32-33,42H,8-31H2,1-7H3. The highest BCUT2D eigenvalue weighted by Gasteiger charge is 2.26. The summed E-state index contributed by atoms with van der Waals surface area (Å²) in [6.45, 7) is 22.9. The van der Waals surface area contributed by atoms with Crippen LogP contribution in [0.2, 0.25) is 0 Å². The molecule has 0 amide bonds. The second-order valence-electron chi connectivity index (χ2n) is 14.4. The van der Waals surface area contributed by atoms with Crippen molar-refractivity contribution in [2.45, 2.75) is 65.2 Å². The van der Waals surface area contributed by atoms with Gasteiger partial charge in [0.05, 0.1) is 139 Å². The van der Waals surface area contributed by atoms with Gasteiger partial charge in [0.2, 0.25) is 0 Å². The van der Waals surface area contributed by atoms with Crippen molar-refractivity contribution in [3.8, 4) is 5.75 Å². The Bertz CT molecular complexity index is 1010. The summed E-state index contributed by atoms with van der Waals surface area (Å²) in [6.07, 6.45) is 0.804. The Kier molecular flexibility index (Phi) is 29.8. The molecule has 1 aromatic rings. The van der Waals surface area contributed by atoms with Crippen LogP contribution in [-0.4, -0.2) is 164 Å². The third kappa shape index (κ3) is 27.6. The smallest absolute Gasteiger partial charge is 0.306 e. The minimum Gasteiger partial charge on any atom is -0.507 e. The largest absolute Gasteiger partial charge is 0.507 e. The lowest BCUT2D eigenvalue weighted by atomic mass is 9.78. The van der Waals surface area contributed by atoms with Crippen LogP contribution in [0.3, 0.4) is 0 Å². The quantitative estimate of drug-likeness (QED) is 0.0764. The highest BCUT2D eigenvalue weighted by atomic mass is 16.6. The zero-order chi connectivity index (χ0) is 39.8. The molecule has 1 rings (SSSR count). The van der Waals surface area contributed by atoms with E-state index in [9.17, 15) is 9.90 Å². The summed E-state index contributed by atoms with van der Waals surface area (Å²) in [5.74, 6) is 0.0624. The number of ether oxygens (including phenoxy) is 12. The molecule has 0 unspecified atom stereocenters. The van der Waals surface area contributed by atoms with Crippen molar-refractivity contribution < 1.29 is 66.7 Å². The van der Waals surface area contributed by atoms with Gasteiger partial charge in [-0.05, 0) is 33.9 Å². The van der Waals surface area contributed by atoms with Gasteiger partial charge in [-0.15, -0.1) is 0 Å². The molecule has 0 aromatic heterocycles. The summed E-state index contributed by atoms with van der Waals surface area (Å²) >= 11 is 0. The summed E-state index contributed by atoms with van der Waals surface area (Å²) in [6, 6.07) is 4.00. The van der Waals surface area contributed by atoms with Crippen LogP contribution in [-0.2, 0) is 78.9 Å². The van der Waals surface area contributed by atoms with Crippen LogP contribution < -0.4 is 0 Å². The summed E-state index contributed by atoms with van der Waals surface area (Å²) in [5.41, 5.74) is 2.36. The van der Waals surface area contributed by atoms with Gasteiger partial charge < -0.3 is 61.9 Å². The van der Waals surface area contributed by atoms with Gasteiger partial charge in [0, 0.05) is 13.5 Å². The number of methoxy groups -OCH3 is 1. The number of hydrogen-bond donors (Lipinski definition) is 1. The molecule has 0 aliphatic heterocycles. The summed E-state index contributed by atoms with van der Waals surface area (Å²) in [4.78, 5) is 12.3. The lowest BCUT2D eigenvalue weighted by molar-refractivity contribution is -0.145. The first-order valence-corrected chi connectivity index (χ1v) is 19.3. The number of carbonyl (C=O) groups is 1. The van der Waals surface area contributed by atoms with E-state index in [4.69, 9.17) is 56.8 Å². The zero-order valence-electron chi connectivity index (χ0n) is 34.4. The minimum absolute atomic E-state index is 0.190. The van der Waals surface area contributed by atoms with Crippen molar-refractivity contribution in [2.24, 2.45) is 0 Å². The fourth-order valence-corrected chi connectivity index (χ4v) is 4.74. The predicted octanol–water partition coefficient (Wildman–Crippen LogP) is 4.28. The van der Waals surface area contributed by atoms with Crippen LogP contribution >= 0.6 is 0 Å². The first-order chi connectivity index (χ1) is 26.0. The number of hydrogen-bond acceptors (Lipinski definition) is 14. The van der Waals surface area contributed by atoms with E-state index in [0.717, 1.165) is 16.7 Å². The molecule has 14 heteroatoms. The van der Waals surface area contributed by atoms with Crippen molar-refractivity contribution in [3.63, 3.8) is 0 Å². The van der Waals surface area contributed by atoms with Crippen molar-refractivity contribution in [3.05, 3.63) is 28.8 Å². The first-order valence-electron chi connectivity index (χ1n) is 19.3. The normalized spacial score (nSPS) is 12.1. The number of rotatable bonds is 36. The second-order valence-corrected chi connectivity index (χ2v) is 14.4. The molecule has 0 bridgehead atoms. The van der Waals surface area contributed by atoms with E-state index in [1.54, 1.807) is 7.11 Å². The Morgan fingerprint density at radius 3 is 0.981 bits per heavy atom. The molecule has 14 nitrogen and oxygen atoms in total. The fraction of sp³-hybridized carbons (Fsp3) is 0.825. The summed E-state index contributed by atoms with van der Waals surface area (Å²) < 4.78 is 64.8. The zero-order valence-corrected chi connectivity index (χ0v) is 34.4. The van der Waals surface area contributed by atoms with E-state index in [-0.39, 0.29) is 29.8 Å². The molecule has 1 aromatic carbocycles. The fourth-order valence-electron chi connectivity index (χ4n) is 4.74. The number of benzene rings is 1. The molecule has 0 aliphatic rings. The van der Waals surface area contributed by atoms with Crippen molar-refractivity contribution >= 4 is 5.97 Å². The Morgan fingerprint density at radius 1 is 0.463 bits per heavy atom. The monoisotopic (exact) mass is 776 g/mol. The number of phenolic OH excluding ortho intramolecular Hbond substituents is 1. The molecule has 0 radical (unpaired) electrons. The average molecular weight is 777 g/mol. The van der Waals surface area contributed by atoms with Crippen molar-refractivity contribution in [2.75, 3.05) is 152 Å². The highest BCUT2D eigenvalue weighted by molar-refractivity contribution is 5.69. The number of phenols is 1. The minimum atomic E-state index is -0.275. The summed E-state index contributed by atoms with van der Waals surface area (Å²) in [5, 5.41) is 10.9. The van der Waals surface area contributed by atoms with Crippen molar-refractivity contribution in [1.82, 2.24) is 0 Å². The first kappa shape index (κ1) is 50.1. The number of carbonyl (C=O) groups excluding carboxylic acids is 1. The second kappa shape index (κ2) is 32.2. The Labute approximate surface area is 324 Å². The van der Waals surface area contributed by atoms with E-state index < -0.39 is 0 Å². The molecule has 0 spiro atoms. The van der Waals surface area contributed by atoms with Crippen LogP contribution in [0, 0.1) is 0 Å². The van der Waals surface area contributed by atoms with Crippen LogP contribution in [0.4, 0.5) is 0 Å². The molecule has 0 saturated carbocycles. The van der Waals surface area contributed by atoms with Crippen LogP contribution in [0.25, 0.3) is 0 Å².